The first-order valence-corrected chi connectivity index (χ1v) is 6.12. The normalized spacial score (nSPS) is 9.89. The first-order chi connectivity index (χ1) is 8.61. The predicted octanol–water partition coefficient (Wildman–Crippen LogP) is 2.95. The summed E-state index contributed by atoms with van der Waals surface area (Å²) in [6, 6.07) is 3.26. The lowest BCUT2D eigenvalue weighted by Gasteiger charge is -2.03. The van der Waals surface area contributed by atoms with E-state index in [1.807, 2.05) is 6.92 Å². The number of nitro benzene ring substituents is 1. The van der Waals surface area contributed by atoms with Crippen molar-refractivity contribution in [1.82, 2.24) is 4.98 Å². The van der Waals surface area contributed by atoms with Crippen molar-refractivity contribution in [1.29, 1.82) is 0 Å². The van der Waals surface area contributed by atoms with Gasteiger partial charge in [-0.2, -0.15) is 0 Å². The third-order valence-corrected chi connectivity index (χ3v) is 3.29. The van der Waals surface area contributed by atoms with Crippen LogP contribution in [-0.4, -0.2) is 16.5 Å². The van der Waals surface area contributed by atoms with Crippen LogP contribution in [0.2, 0.25) is 0 Å². The van der Waals surface area contributed by atoms with Gasteiger partial charge in [-0.3, -0.25) is 10.1 Å². The lowest BCUT2D eigenvalue weighted by atomic mass is 10.2. The van der Waals surface area contributed by atoms with E-state index in [2.05, 4.69) is 22.1 Å². The highest BCUT2D eigenvalue weighted by atomic mass is 32.1. The second kappa shape index (κ2) is 5.02. The third-order valence-electron chi connectivity index (χ3n) is 2.35. The van der Waals surface area contributed by atoms with Gasteiger partial charge in [0.05, 0.1) is 26.7 Å². The van der Waals surface area contributed by atoms with Gasteiger partial charge in [-0.15, -0.1) is 17.3 Å². The highest BCUT2D eigenvalue weighted by Crippen LogP contribution is 2.32. The van der Waals surface area contributed by atoms with Crippen molar-refractivity contribution in [2.75, 3.05) is 11.9 Å². The van der Waals surface area contributed by atoms with Crippen LogP contribution in [-0.2, 0) is 0 Å². The Balaban J connectivity index is 2.48. The molecule has 0 spiro atoms. The molecule has 0 saturated carbocycles. The largest absolute Gasteiger partial charge is 0.369 e. The number of hydrogen-bond donors (Lipinski definition) is 1. The maximum Gasteiger partial charge on any atom is 0.293 e. The first-order valence-electron chi connectivity index (χ1n) is 5.31. The summed E-state index contributed by atoms with van der Waals surface area (Å²) in [5.74, 6) is 5.55. The van der Waals surface area contributed by atoms with Gasteiger partial charge in [0.25, 0.3) is 5.69 Å². The zero-order valence-corrected chi connectivity index (χ0v) is 10.8. The fourth-order valence-corrected chi connectivity index (χ4v) is 2.44. The Morgan fingerprint density at radius 1 is 1.56 bits per heavy atom. The maximum absolute atomic E-state index is 11.0. The third kappa shape index (κ3) is 2.41. The molecule has 0 aliphatic rings. The Kier molecular flexibility index (Phi) is 3.44. The van der Waals surface area contributed by atoms with Gasteiger partial charge in [-0.1, -0.05) is 5.92 Å². The highest BCUT2D eigenvalue weighted by Gasteiger charge is 2.16. The molecule has 1 aromatic heterocycles. The Bertz CT molecular complexity index is 667. The van der Waals surface area contributed by atoms with Gasteiger partial charge < -0.3 is 5.32 Å². The molecule has 0 fully saturated rings. The molecule has 92 valence electrons. The molecule has 2 aromatic rings. The Morgan fingerprint density at radius 3 is 3.00 bits per heavy atom. The summed E-state index contributed by atoms with van der Waals surface area (Å²) < 4.78 is 0.825. The average Bonchev–Trinajstić information content (AvgIpc) is 2.67. The van der Waals surface area contributed by atoms with E-state index < -0.39 is 4.92 Å². The van der Waals surface area contributed by atoms with Gasteiger partial charge in [-0.25, -0.2) is 4.98 Å². The van der Waals surface area contributed by atoms with E-state index in [0.29, 0.717) is 12.2 Å². The quantitative estimate of drug-likeness (QED) is 0.524. The second-order valence-electron chi connectivity index (χ2n) is 3.61. The number of aromatic nitrogens is 1. The summed E-state index contributed by atoms with van der Waals surface area (Å²) in [6.07, 6.45) is 0. The number of hydrogen-bond acceptors (Lipinski definition) is 5. The highest BCUT2D eigenvalue weighted by molar-refractivity contribution is 7.18. The molecule has 1 heterocycles. The number of nitrogens with one attached hydrogen (secondary N) is 1. The lowest BCUT2D eigenvalue weighted by molar-refractivity contribution is -0.383. The molecule has 18 heavy (non-hydrogen) atoms. The molecule has 0 bridgehead atoms. The molecule has 0 unspecified atom stereocenters. The number of aryl methyl sites for hydroxylation is 1. The summed E-state index contributed by atoms with van der Waals surface area (Å²) in [5.41, 5.74) is 1.29. The molecule has 0 amide bonds. The molecule has 0 aliphatic heterocycles. The molecule has 5 nitrogen and oxygen atoms in total. The zero-order valence-electron chi connectivity index (χ0n) is 9.98. The van der Waals surface area contributed by atoms with E-state index in [4.69, 9.17) is 0 Å². The number of nitro groups is 1. The first kappa shape index (κ1) is 12.3. The monoisotopic (exact) mass is 261 g/mol. The van der Waals surface area contributed by atoms with E-state index >= 15 is 0 Å². The van der Waals surface area contributed by atoms with Crippen molar-refractivity contribution >= 4 is 32.9 Å². The number of fused-ring (bicyclic) bond motifs is 1. The summed E-state index contributed by atoms with van der Waals surface area (Å²) in [7, 11) is 0. The van der Waals surface area contributed by atoms with Gasteiger partial charge in [0, 0.05) is 6.07 Å². The average molecular weight is 261 g/mol. The minimum Gasteiger partial charge on any atom is -0.369 e. The van der Waals surface area contributed by atoms with Gasteiger partial charge in [0.2, 0.25) is 0 Å². The summed E-state index contributed by atoms with van der Waals surface area (Å²) >= 11 is 1.45. The van der Waals surface area contributed by atoms with Crippen LogP contribution in [0.1, 0.15) is 11.9 Å². The van der Waals surface area contributed by atoms with E-state index in [1.54, 1.807) is 19.1 Å². The SMILES string of the molecule is CC#CCNc1cc2nc(C)sc2cc1[N+](=O)[O-]. The molecule has 0 aliphatic carbocycles. The second-order valence-corrected chi connectivity index (χ2v) is 4.84. The topological polar surface area (TPSA) is 68.1 Å². The van der Waals surface area contributed by atoms with Gasteiger partial charge >= 0.3 is 0 Å². The van der Waals surface area contributed by atoms with E-state index in [1.165, 1.54) is 11.3 Å². The van der Waals surface area contributed by atoms with Crippen LogP contribution in [0.5, 0.6) is 0 Å². The van der Waals surface area contributed by atoms with Crippen molar-refractivity contribution in [3.63, 3.8) is 0 Å². The van der Waals surface area contributed by atoms with Gasteiger partial charge in [-0.05, 0) is 19.9 Å². The molecule has 1 aromatic carbocycles. The number of anilines is 1. The summed E-state index contributed by atoms with van der Waals surface area (Å²) in [6.45, 7) is 3.99. The molecule has 0 saturated heterocycles. The fraction of sp³-hybridized carbons (Fsp3) is 0.250. The van der Waals surface area contributed by atoms with E-state index in [9.17, 15) is 10.1 Å². The van der Waals surface area contributed by atoms with E-state index in [-0.39, 0.29) is 5.69 Å². The van der Waals surface area contributed by atoms with Crippen LogP contribution in [0, 0.1) is 28.9 Å². The van der Waals surface area contributed by atoms with Crippen molar-refractivity contribution in [3.8, 4) is 11.8 Å². The van der Waals surface area contributed by atoms with Crippen LogP contribution in [0.25, 0.3) is 10.2 Å². The Hall–Kier alpha value is -2.13. The van der Waals surface area contributed by atoms with Crippen molar-refractivity contribution < 1.29 is 4.92 Å². The fourth-order valence-electron chi connectivity index (χ4n) is 1.60. The minimum atomic E-state index is -0.393. The number of benzene rings is 1. The van der Waals surface area contributed by atoms with Crippen molar-refractivity contribution in [2.45, 2.75) is 13.8 Å². The van der Waals surface area contributed by atoms with Gasteiger partial charge in [0.15, 0.2) is 0 Å². The molecule has 0 radical (unpaired) electrons. The zero-order chi connectivity index (χ0) is 13.1. The summed E-state index contributed by atoms with van der Waals surface area (Å²) in [4.78, 5) is 14.9. The van der Waals surface area contributed by atoms with Crippen molar-refractivity contribution in [3.05, 3.63) is 27.3 Å². The smallest absolute Gasteiger partial charge is 0.293 e. The Morgan fingerprint density at radius 2 is 2.33 bits per heavy atom. The standard InChI is InChI=1S/C12H11N3O2S/c1-3-4-5-13-9-6-10-12(18-8(2)14-10)7-11(9)15(16)17/h6-7,13H,5H2,1-2H3. The van der Waals surface area contributed by atoms with Crippen LogP contribution in [0.3, 0.4) is 0 Å². The van der Waals surface area contributed by atoms with E-state index in [0.717, 1.165) is 15.2 Å². The molecule has 2 rings (SSSR count). The summed E-state index contributed by atoms with van der Waals surface area (Å²) in [5, 5.41) is 14.9. The minimum absolute atomic E-state index is 0.0593. The molecule has 1 N–H and O–H groups in total. The number of rotatable bonds is 3. The molecule has 0 atom stereocenters. The van der Waals surface area contributed by atoms with Crippen LogP contribution in [0.4, 0.5) is 11.4 Å². The predicted molar refractivity (Wildman–Crippen MR) is 73.0 cm³/mol. The molecular weight excluding hydrogens is 250 g/mol. The van der Waals surface area contributed by atoms with Crippen molar-refractivity contribution in [2.24, 2.45) is 0 Å². The van der Waals surface area contributed by atoms with Crippen LogP contribution < -0.4 is 5.32 Å². The Labute approximate surface area is 108 Å². The van der Waals surface area contributed by atoms with Gasteiger partial charge in [0.1, 0.15) is 5.69 Å². The van der Waals surface area contributed by atoms with Crippen LogP contribution in [0.15, 0.2) is 12.1 Å². The molecular formula is C12H11N3O2S. The lowest BCUT2D eigenvalue weighted by Crippen LogP contribution is -2.02. The number of thiazole rings is 1. The maximum atomic E-state index is 11.0. The number of nitrogens with zero attached hydrogens (tertiary/aromatic N) is 2. The van der Waals surface area contributed by atoms with Crippen LogP contribution >= 0.6 is 11.3 Å². The molecule has 6 heteroatoms.